The van der Waals surface area contributed by atoms with Crippen molar-refractivity contribution in [3.63, 3.8) is 0 Å². The molecule has 1 saturated carbocycles. The number of nitrogens with one attached hydrogen (secondary N) is 2. The van der Waals surface area contributed by atoms with Gasteiger partial charge in [0.15, 0.2) is 0 Å². The summed E-state index contributed by atoms with van der Waals surface area (Å²) in [5.41, 5.74) is 0.00387. The molecule has 1 aliphatic carbocycles. The molecule has 1 fully saturated rings. The Balaban J connectivity index is 1.67. The van der Waals surface area contributed by atoms with Crippen molar-refractivity contribution < 1.29 is 18.0 Å². The van der Waals surface area contributed by atoms with E-state index in [4.69, 9.17) is 0 Å². The molecule has 29 heavy (non-hydrogen) atoms. The molecule has 2 heterocycles. The van der Waals surface area contributed by atoms with Crippen molar-refractivity contribution in [2.75, 3.05) is 10.6 Å². The molecule has 1 aromatic carbocycles. The van der Waals surface area contributed by atoms with Gasteiger partial charge in [0.05, 0.1) is 23.7 Å². The SMILES string of the molecule is Cc1nc2c(c(N[C@H](C)c3cccc(C(F)F)c3F)n1)CN(C1(C)CC1)C(=O)N2. The number of hydrogen-bond donors (Lipinski definition) is 2. The van der Waals surface area contributed by atoms with E-state index in [0.717, 1.165) is 18.9 Å². The van der Waals surface area contributed by atoms with E-state index in [9.17, 15) is 18.0 Å². The summed E-state index contributed by atoms with van der Waals surface area (Å²) in [7, 11) is 0. The predicted molar refractivity (Wildman–Crippen MR) is 102 cm³/mol. The summed E-state index contributed by atoms with van der Waals surface area (Å²) >= 11 is 0. The molecule has 1 aromatic heterocycles. The maximum Gasteiger partial charge on any atom is 0.323 e. The lowest BCUT2D eigenvalue weighted by Crippen LogP contribution is -2.46. The number of aryl methyl sites for hydroxylation is 1. The van der Waals surface area contributed by atoms with Crippen LogP contribution in [0.1, 0.15) is 61.7 Å². The summed E-state index contributed by atoms with van der Waals surface area (Å²) < 4.78 is 40.6. The van der Waals surface area contributed by atoms with Crippen molar-refractivity contribution in [2.24, 2.45) is 0 Å². The highest BCUT2D eigenvalue weighted by molar-refractivity contribution is 5.93. The van der Waals surface area contributed by atoms with Gasteiger partial charge in [-0.25, -0.2) is 27.9 Å². The van der Waals surface area contributed by atoms with Crippen LogP contribution in [0.3, 0.4) is 0 Å². The number of urea groups is 1. The number of alkyl halides is 2. The first-order valence-corrected chi connectivity index (χ1v) is 9.49. The zero-order chi connectivity index (χ0) is 20.9. The summed E-state index contributed by atoms with van der Waals surface area (Å²) in [6, 6.07) is 3.14. The second-order valence-corrected chi connectivity index (χ2v) is 7.88. The highest BCUT2D eigenvalue weighted by Gasteiger charge is 2.48. The summed E-state index contributed by atoms with van der Waals surface area (Å²) in [5.74, 6) is 0.379. The number of fused-ring (bicyclic) bond motifs is 1. The molecule has 0 bridgehead atoms. The van der Waals surface area contributed by atoms with Crippen LogP contribution in [0.5, 0.6) is 0 Å². The standard InChI is InChI=1S/C20H22F3N5O/c1-10(12-5-4-6-13(15(12)21)16(22)23)24-17-14-9-28(20(3)7-8-20)19(29)27-18(14)26-11(2)25-17/h4-6,10,16H,7-9H2,1-3H3,(H2,24,25,26,27,29)/t10-/m1/s1. The number of carbonyl (C=O) groups excluding carboxylic acids is 1. The molecule has 2 amide bonds. The molecule has 0 spiro atoms. The van der Waals surface area contributed by atoms with E-state index in [1.807, 2.05) is 6.92 Å². The van der Waals surface area contributed by atoms with Gasteiger partial charge in [0.25, 0.3) is 6.43 Å². The Morgan fingerprint density at radius 3 is 2.59 bits per heavy atom. The van der Waals surface area contributed by atoms with Crippen molar-refractivity contribution >= 4 is 17.7 Å². The van der Waals surface area contributed by atoms with E-state index >= 15 is 0 Å². The van der Waals surface area contributed by atoms with E-state index in [2.05, 4.69) is 20.6 Å². The van der Waals surface area contributed by atoms with Gasteiger partial charge in [-0.2, -0.15) is 0 Å². The van der Waals surface area contributed by atoms with Crippen molar-refractivity contribution in [1.82, 2.24) is 14.9 Å². The van der Waals surface area contributed by atoms with Crippen LogP contribution in [0.4, 0.5) is 29.6 Å². The number of halogens is 3. The first-order valence-electron chi connectivity index (χ1n) is 9.49. The van der Waals surface area contributed by atoms with Crippen LogP contribution >= 0.6 is 0 Å². The van der Waals surface area contributed by atoms with Gasteiger partial charge in [-0.15, -0.1) is 0 Å². The summed E-state index contributed by atoms with van der Waals surface area (Å²) in [5, 5.41) is 5.94. The van der Waals surface area contributed by atoms with E-state index in [1.165, 1.54) is 12.1 Å². The van der Waals surface area contributed by atoms with E-state index in [-0.39, 0.29) is 17.1 Å². The van der Waals surface area contributed by atoms with Gasteiger partial charge < -0.3 is 10.2 Å². The Hall–Kier alpha value is -2.84. The highest BCUT2D eigenvalue weighted by Crippen LogP contribution is 2.44. The summed E-state index contributed by atoms with van der Waals surface area (Å²) in [6.07, 6.45) is -1.04. The zero-order valence-corrected chi connectivity index (χ0v) is 16.4. The van der Waals surface area contributed by atoms with Gasteiger partial charge in [-0.1, -0.05) is 18.2 Å². The topological polar surface area (TPSA) is 70.2 Å². The second kappa shape index (κ2) is 6.89. The number of anilines is 2. The molecule has 0 radical (unpaired) electrons. The molecule has 4 rings (SSSR count). The molecule has 9 heteroatoms. The fourth-order valence-electron chi connectivity index (χ4n) is 3.61. The summed E-state index contributed by atoms with van der Waals surface area (Å²) in [6.45, 7) is 5.72. The summed E-state index contributed by atoms with van der Waals surface area (Å²) in [4.78, 5) is 23.0. The molecular formula is C20H22F3N5O. The Kier molecular flexibility index (Phi) is 4.63. The monoisotopic (exact) mass is 405 g/mol. The molecule has 1 atom stereocenters. The Morgan fingerprint density at radius 2 is 1.93 bits per heavy atom. The van der Waals surface area contributed by atoms with Gasteiger partial charge in [-0.05, 0) is 33.6 Å². The van der Waals surface area contributed by atoms with Crippen LogP contribution in [0.25, 0.3) is 0 Å². The lowest BCUT2D eigenvalue weighted by molar-refractivity contribution is 0.146. The molecule has 2 aliphatic rings. The molecule has 2 aromatic rings. The average Bonchev–Trinajstić information content (AvgIpc) is 3.39. The third-order valence-electron chi connectivity index (χ3n) is 5.64. The maximum atomic E-state index is 14.6. The Morgan fingerprint density at radius 1 is 1.24 bits per heavy atom. The molecule has 0 saturated heterocycles. The highest BCUT2D eigenvalue weighted by atomic mass is 19.3. The number of carbonyl (C=O) groups is 1. The Labute approximate surface area is 166 Å². The van der Waals surface area contributed by atoms with Gasteiger partial charge in [0.1, 0.15) is 23.3 Å². The quantitative estimate of drug-likeness (QED) is 0.740. The van der Waals surface area contributed by atoms with E-state index in [1.54, 1.807) is 18.7 Å². The molecule has 154 valence electrons. The van der Waals surface area contributed by atoms with Crippen LogP contribution < -0.4 is 10.6 Å². The van der Waals surface area contributed by atoms with E-state index in [0.29, 0.717) is 29.6 Å². The normalized spacial score (nSPS) is 18.3. The van der Waals surface area contributed by atoms with Crippen LogP contribution in [0, 0.1) is 12.7 Å². The fraction of sp³-hybridized carbons (Fsp3) is 0.450. The lowest BCUT2D eigenvalue weighted by Gasteiger charge is -2.35. The van der Waals surface area contributed by atoms with Crippen molar-refractivity contribution in [1.29, 1.82) is 0 Å². The third kappa shape index (κ3) is 3.49. The van der Waals surface area contributed by atoms with Gasteiger partial charge in [-0.3, -0.25) is 5.32 Å². The van der Waals surface area contributed by atoms with Crippen LogP contribution in [0.2, 0.25) is 0 Å². The van der Waals surface area contributed by atoms with E-state index < -0.39 is 23.8 Å². The van der Waals surface area contributed by atoms with Crippen LogP contribution in [0.15, 0.2) is 18.2 Å². The van der Waals surface area contributed by atoms with Gasteiger partial charge in [0, 0.05) is 11.1 Å². The number of aromatic nitrogens is 2. The largest absolute Gasteiger partial charge is 0.363 e. The number of benzene rings is 1. The zero-order valence-electron chi connectivity index (χ0n) is 16.4. The Bertz CT molecular complexity index is 977. The van der Waals surface area contributed by atoms with Crippen molar-refractivity contribution in [2.45, 2.75) is 58.2 Å². The molecule has 2 N–H and O–H groups in total. The number of hydrogen-bond acceptors (Lipinski definition) is 4. The predicted octanol–water partition coefficient (Wildman–Crippen LogP) is 4.93. The molecule has 6 nitrogen and oxygen atoms in total. The number of rotatable bonds is 5. The smallest absolute Gasteiger partial charge is 0.323 e. The van der Waals surface area contributed by atoms with Crippen LogP contribution in [-0.4, -0.2) is 26.4 Å². The van der Waals surface area contributed by atoms with Gasteiger partial charge >= 0.3 is 6.03 Å². The first kappa shape index (κ1) is 19.5. The number of amides is 2. The molecule has 1 aliphatic heterocycles. The minimum atomic E-state index is -2.89. The third-order valence-corrected chi connectivity index (χ3v) is 5.64. The fourth-order valence-corrected chi connectivity index (χ4v) is 3.61. The minimum absolute atomic E-state index is 0.124. The maximum absolute atomic E-state index is 14.6. The minimum Gasteiger partial charge on any atom is -0.363 e. The van der Waals surface area contributed by atoms with Crippen molar-refractivity contribution in [3.8, 4) is 0 Å². The van der Waals surface area contributed by atoms with Gasteiger partial charge in [0.2, 0.25) is 0 Å². The van der Waals surface area contributed by atoms with Crippen molar-refractivity contribution in [3.05, 3.63) is 46.5 Å². The molecular weight excluding hydrogens is 383 g/mol. The lowest BCUT2D eigenvalue weighted by atomic mass is 10.0. The average molecular weight is 405 g/mol. The second-order valence-electron chi connectivity index (χ2n) is 7.88. The van der Waals surface area contributed by atoms with Crippen LogP contribution in [-0.2, 0) is 6.54 Å². The molecule has 0 unspecified atom stereocenters. The number of nitrogens with zero attached hydrogens (tertiary/aromatic N) is 3. The first-order chi connectivity index (χ1) is 13.7.